The zero-order valence-corrected chi connectivity index (χ0v) is 10.7. The highest BCUT2D eigenvalue weighted by Gasteiger charge is 2.16. The molecule has 4 N–H and O–H groups in total. The Morgan fingerprint density at radius 3 is 2.72 bits per heavy atom. The Balaban J connectivity index is 2.13. The number of benzene rings is 1. The highest BCUT2D eigenvalue weighted by atomic mass is 32.2. The molecule has 0 aliphatic carbocycles. The van der Waals surface area contributed by atoms with Gasteiger partial charge < -0.3 is 10.7 Å². The lowest BCUT2D eigenvalue weighted by Gasteiger charge is -2.07. The van der Waals surface area contributed by atoms with Crippen LogP contribution in [0.4, 0.5) is 5.69 Å². The first kappa shape index (κ1) is 12.6. The van der Waals surface area contributed by atoms with Crippen LogP contribution in [0.3, 0.4) is 0 Å². The van der Waals surface area contributed by atoms with E-state index < -0.39 is 10.0 Å². The van der Waals surface area contributed by atoms with Gasteiger partial charge in [0.2, 0.25) is 0 Å². The molecule has 0 radical (unpaired) electrons. The van der Waals surface area contributed by atoms with Gasteiger partial charge in [0.1, 0.15) is 5.82 Å². The molecule has 1 aromatic carbocycles. The summed E-state index contributed by atoms with van der Waals surface area (Å²) in [6, 6.07) is 7.10. The second kappa shape index (κ2) is 4.79. The first-order valence-electron chi connectivity index (χ1n) is 5.34. The fourth-order valence-corrected chi connectivity index (χ4v) is 2.46. The van der Waals surface area contributed by atoms with E-state index in [0.717, 1.165) is 5.56 Å². The van der Waals surface area contributed by atoms with E-state index >= 15 is 0 Å². The van der Waals surface area contributed by atoms with Crippen LogP contribution in [-0.4, -0.2) is 18.4 Å². The minimum absolute atomic E-state index is 0.0505. The summed E-state index contributed by atoms with van der Waals surface area (Å²) < 4.78 is 26.3. The number of H-pyrrole nitrogens is 1. The minimum Gasteiger partial charge on any atom is -0.398 e. The summed E-state index contributed by atoms with van der Waals surface area (Å²) in [5.74, 6) is 0.551. The summed E-state index contributed by atoms with van der Waals surface area (Å²) >= 11 is 0. The molecule has 0 saturated carbocycles. The van der Waals surface area contributed by atoms with Crippen molar-refractivity contribution >= 4 is 15.7 Å². The molecule has 0 aliphatic heterocycles. The fraction of sp³-hybridized carbons (Fsp3) is 0.182. The van der Waals surface area contributed by atoms with E-state index in [1.807, 2.05) is 0 Å². The van der Waals surface area contributed by atoms with Gasteiger partial charge >= 0.3 is 0 Å². The number of hydrogen-bond donors (Lipinski definition) is 3. The lowest BCUT2D eigenvalue weighted by molar-refractivity contribution is 0.578. The van der Waals surface area contributed by atoms with Crippen LogP contribution in [0.2, 0.25) is 0 Å². The molecule has 0 atom stereocenters. The van der Waals surface area contributed by atoms with Gasteiger partial charge in [-0.25, -0.2) is 18.1 Å². The lowest BCUT2D eigenvalue weighted by atomic mass is 10.2. The molecule has 1 heterocycles. The number of anilines is 1. The van der Waals surface area contributed by atoms with Crippen LogP contribution in [0.5, 0.6) is 0 Å². The van der Waals surface area contributed by atoms with Gasteiger partial charge in [-0.3, -0.25) is 0 Å². The first-order chi connectivity index (χ1) is 8.49. The predicted molar refractivity (Wildman–Crippen MR) is 68.2 cm³/mol. The first-order valence-corrected chi connectivity index (χ1v) is 6.82. The number of imidazole rings is 1. The van der Waals surface area contributed by atoms with Gasteiger partial charge in [-0.15, -0.1) is 0 Å². The number of nitrogens with two attached hydrogens (primary N) is 1. The Morgan fingerprint density at radius 2 is 2.11 bits per heavy atom. The van der Waals surface area contributed by atoms with E-state index in [1.165, 1.54) is 6.20 Å². The standard InChI is InChI=1S/C11H14N4O2S/c1-8-13-7-11(15-8)18(16,17)14-6-9-4-2-3-5-10(9)12/h2-5,7,14H,6,12H2,1H3,(H,13,15). The Labute approximate surface area is 105 Å². The number of nitrogens with one attached hydrogen (secondary N) is 2. The average Bonchev–Trinajstić information content (AvgIpc) is 2.76. The Kier molecular flexibility index (Phi) is 3.35. The zero-order chi connectivity index (χ0) is 13.2. The smallest absolute Gasteiger partial charge is 0.257 e. The van der Waals surface area contributed by atoms with Crippen LogP contribution in [0.15, 0.2) is 35.5 Å². The van der Waals surface area contributed by atoms with Crippen molar-refractivity contribution < 1.29 is 8.42 Å². The van der Waals surface area contributed by atoms with Crippen molar-refractivity contribution in [1.82, 2.24) is 14.7 Å². The molecule has 1 aromatic heterocycles. The van der Waals surface area contributed by atoms with Crippen molar-refractivity contribution in [3.8, 4) is 0 Å². The molecule has 6 nitrogen and oxygen atoms in total. The van der Waals surface area contributed by atoms with Crippen LogP contribution in [0, 0.1) is 6.92 Å². The second-order valence-corrected chi connectivity index (χ2v) is 5.59. The Hall–Kier alpha value is -1.86. The van der Waals surface area contributed by atoms with Gasteiger partial charge in [0.05, 0.1) is 6.20 Å². The number of aryl methyl sites for hydroxylation is 1. The van der Waals surface area contributed by atoms with Crippen LogP contribution < -0.4 is 10.5 Å². The number of sulfonamides is 1. The summed E-state index contributed by atoms with van der Waals surface area (Å²) in [7, 11) is -3.58. The number of aromatic amines is 1. The highest BCUT2D eigenvalue weighted by Crippen LogP contribution is 2.12. The molecule has 0 amide bonds. The van der Waals surface area contributed by atoms with Crippen molar-refractivity contribution in [2.75, 3.05) is 5.73 Å². The van der Waals surface area contributed by atoms with Gasteiger partial charge in [0.15, 0.2) is 5.03 Å². The van der Waals surface area contributed by atoms with E-state index in [0.29, 0.717) is 11.5 Å². The van der Waals surface area contributed by atoms with Crippen molar-refractivity contribution in [3.05, 3.63) is 41.9 Å². The van der Waals surface area contributed by atoms with Gasteiger partial charge in [-0.05, 0) is 18.6 Å². The van der Waals surface area contributed by atoms with Crippen LogP contribution in [-0.2, 0) is 16.6 Å². The summed E-state index contributed by atoms with van der Waals surface area (Å²) in [6.07, 6.45) is 1.28. The lowest BCUT2D eigenvalue weighted by Crippen LogP contribution is -2.24. The molecular weight excluding hydrogens is 252 g/mol. The second-order valence-electron chi connectivity index (χ2n) is 3.86. The number of nitrogen functional groups attached to an aromatic ring is 1. The number of rotatable bonds is 4. The monoisotopic (exact) mass is 266 g/mol. The summed E-state index contributed by atoms with van der Waals surface area (Å²) in [5.41, 5.74) is 7.03. The number of aromatic nitrogens is 2. The molecule has 0 bridgehead atoms. The predicted octanol–water partition coefficient (Wildman–Crippen LogP) is 0.779. The van der Waals surface area contributed by atoms with Gasteiger partial charge in [0, 0.05) is 12.2 Å². The van der Waals surface area contributed by atoms with E-state index in [1.54, 1.807) is 31.2 Å². The highest BCUT2D eigenvalue weighted by molar-refractivity contribution is 7.89. The Bertz CT molecular complexity index is 649. The van der Waals surface area contributed by atoms with Crippen LogP contribution >= 0.6 is 0 Å². The van der Waals surface area contributed by atoms with Crippen molar-refractivity contribution in [3.63, 3.8) is 0 Å². The summed E-state index contributed by atoms with van der Waals surface area (Å²) in [4.78, 5) is 6.53. The SMILES string of the molecule is Cc1ncc(S(=O)(=O)NCc2ccccc2N)[nH]1. The third-order valence-corrected chi connectivity index (χ3v) is 3.79. The third-order valence-electron chi connectivity index (χ3n) is 2.48. The van der Waals surface area contributed by atoms with Crippen molar-refractivity contribution in [2.24, 2.45) is 0 Å². The normalized spacial score (nSPS) is 11.6. The quantitative estimate of drug-likeness (QED) is 0.712. The fourth-order valence-electron chi connectivity index (χ4n) is 1.48. The Morgan fingerprint density at radius 1 is 1.39 bits per heavy atom. The maximum Gasteiger partial charge on any atom is 0.257 e. The molecule has 2 rings (SSSR count). The summed E-state index contributed by atoms with van der Waals surface area (Å²) in [5, 5.41) is 0.0505. The average molecular weight is 266 g/mol. The molecule has 0 spiro atoms. The number of nitrogens with zero attached hydrogens (tertiary/aromatic N) is 1. The van der Waals surface area contributed by atoms with Gasteiger partial charge in [-0.1, -0.05) is 18.2 Å². The molecule has 0 saturated heterocycles. The maximum atomic E-state index is 11.9. The van der Waals surface area contributed by atoms with E-state index in [-0.39, 0.29) is 11.6 Å². The molecular formula is C11H14N4O2S. The van der Waals surface area contributed by atoms with Crippen LogP contribution in [0.1, 0.15) is 11.4 Å². The topological polar surface area (TPSA) is 101 Å². The number of para-hydroxylation sites is 1. The summed E-state index contributed by atoms with van der Waals surface area (Å²) in [6.45, 7) is 1.83. The van der Waals surface area contributed by atoms with Gasteiger partial charge in [0.25, 0.3) is 10.0 Å². The van der Waals surface area contributed by atoms with Crippen LogP contribution in [0.25, 0.3) is 0 Å². The van der Waals surface area contributed by atoms with Crippen molar-refractivity contribution in [1.29, 1.82) is 0 Å². The van der Waals surface area contributed by atoms with E-state index in [2.05, 4.69) is 14.7 Å². The molecule has 0 unspecified atom stereocenters. The molecule has 0 aliphatic rings. The molecule has 7 heteroatoms. The third kappa shape index (κ3) is 2.69. The minimum atomic E-state index is -3.58. The van der Waals surface area contributed by atoms with Gasteiger partial charge in [-0.2, -0.15) is 0 Å². The van der Waals surface area contributed by atoms with Crippen molar-refractivity contribution in [2.45, 2.75) is 18.5 Å². The van der Waals surface area contributed by atoms with E-state index in [9.17, 15) is 8.42 Å². The van der Waals surface area contributed by atoms with E-state index in [4.69, 9.17) is 5.73 Å². The molecule has 2 aromatic rings. The molecule has 18 heavy (non-hydrogen) atoms. The molecule has 0 fully saturated rings. The zero-order valence-electron chi connectivity index (χ0n) is 9.84. The number of hydrogen-bond acceptors (Lipinski definition) is 4. The maximum absolute atomic E-state index is 11.9. The molecule has 96 valence electrons. The largest absolute Gasteiger partial charge is 0.398 e.